The molecule has 1 atom stereocenters. The smallest absolute Gasteiger partial charge is 0.247 e. The SMILES string of the molecule is CC(C(=O)Nc1cccc(S(=O)(=O)NC(C)(C)C)c1)n1c(-c2cccs2)n[nH]c1=S. The van der Waals surface area contributed by atoms with Crippen molar-refractivity contribution in [1.29, 1.82) is 0 Å². The third-order valence-corrected chi connectivity index (χ3v) is 6.97. The maximum Gasteiger partial charge on any atom is 0.247 e. The molecule has 2 heterocycles. The first-order valence-corrected chi connectivity index (χ1v) is 11.9. The first kappa shape index (κ1) is 22.3. The van der Waals surface area contributed by atoms with Crippen LogP contribution < -0.4 is 10.0 Å². The second-order valence-corrected chi connectivity index (χ2v) is 10.8. The summed E-state index contributed by atoms with van der Waals surface area (Å²) in [5, 5.41) is 11.7. The van der Waals surface area contributed by atoms with Gasteiger partial charge < -0.3 is 5.32 Å². The minimum Gasteiger partial charge on any atom is -0.324 e. The summed E-state index contributed by atoms with van der Waals surface area (Å²) in [6.07, 6.45) is 0. The average molecular weight is 466 g/mol. The molecule has 0 spiro atoms. The first-order valence-electron chi connectivity index (χ1n) is 9.14. The predicted molar refractivity (Wildman–Crippen MR) is 121 cm³/mol. The topological polar surface area (TPSA) is 109 Å². The summed E-state index contributed by atoms with van der Waals surface area (Å²) in [7, 11) is -3.72. The van der Waals surface area contributed by atoms with Gasteiger partial charge in [0.1, 0.15) is 6.04 Å². The molecule has 0 aliphatic carbocycles. The van der Waals surface area contributed by atoms with Gasteiger partial charge in [0.15, 0.2) is 10.6 Å². The molecule has 0 saturated carbocycles. The third kappa shape index (κ3) is 5.04. The fourth-order valence-electron chi connectivity index (χ4n) is 2.81. The largest absolute Gasteiger partial charge is 0.324 e. The van der Waals surface area contributed by atoms with E-state index in [4.69, 9.17) is 12.2 Å². The average Bonchev–Trinajstić information content (AvgIpc) is 3.28. The highest BCUT2D eigenvalue weighted by Gasteiger charge is 2.24. The lowest BCUT2D eigenvalue weighted by molar-refractivity contribution is -0.118. The van der Waals surface area contributed by atoms with Gasteiger partial charge in [-0.3, -0.25) is 14.5 Å². The second kappa shape index (κ2) is 8.42. The summed E-state index contributed by atoms with van der Waals surface area (Å²) in [5.74, 6) is 0.229. The van der Waals surface area contributed by atoms with Crippen molar-refractivity contribution in [3.05, 3.63) is 46.5 Å². The number of aromatic nitrogens is 3. The van der Waals surface area contributed by atoms with E-state index in [0.717, 1.165) is 4.88 Å². The van der Waals surface area contributed by atoms with Crippen LogP contribution in [0.1, 0.15) is 33.7 Å². The van der Waals surface area contributed by atoms with Gasteiger partial charge >= 0.3 is 0 Å². The van der Waals surface area contributed by atoms with Gasteiger partial charge in [-0.1, -0.05) is 12.1 Å². The molecule has 0 aliphatic rings. The Balaban J connectivity index is 1.84. The van der Waals surface area contributed by atoms with Crippen LogP contribution in [0.5, 0.6) is 0 Å². The van der Waals surface area contributed by atoms with Crippen molar-refractivity contribution in [2.75, 3.05) is 5.32 Å². The molecule has 0 radical (unpaired) electrons. The molecule has 3 N–H and O–H groups in total. The summed E-state index contributed by atoms with van der Waals surface area (Å²) in [6, 6.07) is 9.24. The highest BCUT2D eigenvalue weighted by molar-refractivity contribution is 7.89. The number of anilines is 1. The quantitative estimate of drug-likeness (QED) is 0.478. The van der Waals surface area contributed by atoms with Gasteiger partial charge in [-0.05, 0) is 69.6 Å². The summed E-state index contributed by atoms with van der Waals surface area (Å²) in [5.41, 5.74) is -0.251. The minimum absolute atomic E-state index is 0.0714. The number of thiophene rings is 1. The zero-order chi connectivity index (χ0) is 22.1. The Bertz CT molecular complexity index is 1200. The fourth-order valence-corrected chi connectivity index (χ4v) is 5.27. The zero-order valence-electron chi connectivity index (χ0n) is 17.0. The Kier molecular flexibility index (Phi) is 6.27. The maximum atomic E-state index is 12.9. The number of hydrogen-bond acceptors (Lipinski definition) is 6. The molecule has 3 rings (SSSR count). The summed E-state index contributed by atoms with van der Waals surface area (Å²) < 4.78 is 29.7. The van der Waals surface area contributed by atoms with Gasteiger partial charge in [0, 0.05) is 11.2 Å². The van der Waals surface area contributed by atoms with Crippen molar-refractivity contribution in [3.8, 4) is 10.7 Å². The fraction of sp³-hybridized carbons (Fsp3) is 0.316. The Morgan fingerprint density at radius 2 is 2.00 bits per heavy atom. The number of aromatic amines is 1. The van der Waals surface area contributed by atoms with Crippen molar-refractivity contribution in [2.45, 2.75) is 44.2 Å². The molecule has 3 aromatic rings. The van der Waals surface area contributed by atoms with E-state index >= 15 is 0 Å². The molecule has 160 valence electrons. The van der Waals surface area contributed by atoms with Crippen LogP contribution in [0.25, 0.3) is 10.7 Å². The molecule has 0 saturated heterocycles. The van der Waals surface area contributed by atoms with Crippen molar-refractivity contribution in [3.63, 3.8) is 0 Å². The number of amides is 1. The second-order valence-electron chi connectivity index (χ2n) is 7.75. The molecule has 2 aromatic heterocycles. The van der Waals surface area contributed by atoms with E-state index in [9.17, 15) is 13.2 Å². The molecule has 0 fully saturated rings. The Morgan fingerprint density at radius 3 is 2.63 bits per heavy atom. The lowest BCUT2D eigenvalue weighted by Gasteiger charge is -2.20. The van der Waals surface area contributed by atoms with Crippen molar-refractivity contribution >= 4 is 45.2 Å². The van der Waals surface area contributed by atoms with E-state index in [2.05, 4.69) is 20.2 Å². The molecule has 1 aromatic carbocycles. The van der Waals surface area contributed by atoms with Crippen molar-refractivity contribution in [2.24, 2.45) is 0 Å². The van der Waals surface area contributed by atoms with Crippen LogP contribution in [-0.2, 0) is 14.8 Å². The van der Waals surface area contributed by atoms with Crippen LogP contribution in [0.4, 0.5) is 5.69 Å². The normalized spacial score (nSPS) is 13.2. The number of hydrogen-bond donors (Lipinski definition) is 3. The van der Waals surface area contributed by atoms with Crippen LogP contribution in [0.15, 0.2) is 46.7 Å². The Labute approximate surface area is 184 Å². The van der Waals surface area contributed by atoms with Crippen LogP contribution in [0, 0.1) is 4.77 Å². The summed E-state index contributed by atoms with van der Waals surface area (Å²) >= 11 is 6.80. The van der Waals surface area contributed by atoms with E-state index in [1.165, 1.54) is 23.5 Å². The van der Waals surface area contributed by atoms with Crippen LogP contribution >= 0.6 is 23.6 Å². The molecule has 0 bridgehead atoms. The number of nitrogens with zero attached hydrogens (tertiary/aromatic N) is 2. The summed E-state index contributed by atoms with van der Waals surface area (Å²) in [4.78, 5) is 13.8. The standard InChI is InChI=1S/C19H23N5O3S3/c1-12(24-16(21-22-18(24)28)15-9-6-10-29-15)17(25)20-13-7-5-8-14(11-13)30(26,27)23-19(2,3)4/h5-12,23H,1-4H3,(H,20,25)(H,22,28). The molecule has 0 aliphatic heterocycles. The minimum atomic E-state index is -3.72. The molecule has 8 nitrogen and oxygen atoms in total. The number of benzene rings is 1. The van der Waals surface area contributed by atoms with Gasteiger partial charge in [0.25, 0.3) is 0 Å². The maximum absolute atomic E-state index is 12.9. The Hall–Kier alpha value is -2.34. The molecule has 1 amide bonds. The number of H-pyrrole nitrogens is 1. The number of carbonyl (C=O) groups is 1. The van der Waals surface area contributed by atoms with E-state index in [-0.39, 0.29) is 10.8 Å². The van der Waals surface area contributed by atoms with Crippen LogP contribution in [0.2, 0.25) is 0 Å². The van der Waals surface area contributed by atoms with Gasteiger partial charge in [-0.25, -0.2) is 13.1 Å². The number of sulfonamides is 1. The van der Waals surface area contributed by atoms with Gasteiger partial charge in [0.2, 0.25) is 15.9 Å². The van der Waals surface area contributed by atoms with Gasteiger partial charge in [-0.15, -0.1) is 11.3 Å². The van der Waals surface area contributed by atoms with E-state index in [0.29, 0.717) is 16.3 Å². The molecular formula is C19H23N5O3S3. The monoisotopic (exact) mass is 465 g/mol. The lowest BCUT2D eigenvalue weighted by atomic mass is 10.1. The van der Waals surface area contributed by atoms with Gasteiger partial charge in [0.05, 0.1) is 9.77 Å². The van der Waals surface area contributed by atoms with Crippen molar-refractivity contribution < 1.29 is 13.2 Å². The first-order chi connectivity index (χ1) is 14.0. The van der Waals surface area contributed by atoms with E-state index in [1.54, 1.807) is 44.4 Å². The molecule has 11 heteroatoms. The Morgan fingerprint density at radius 1 is 1.27 bits per heavy atom. The molecule has 1 unspecified atom stereocenters. The van der Waals surface area contributed by atoms with Crippen LogP contribution in [0.3, 0.4) is 0 Å². The molecular weight excluding hydrogens is 442 g/mol. The van der Waals surface area contributed by atoms with Crippen LogP contribution in [-0.4, -0.2) is 34.6 Å². The predicted octanol–water partition coefficient (Wildman–Crippen LogP) is 3.95. The molecule has 30 heavy (non-hydrogen) atoms. The third-order valence-electron chi connectivity index (χ3n) is 4.07. The van der Waals surface area contributed by atoms with Crippen molar-refractivity contribution in [1.82, 2.24) is 19.5 Å². The highest BCUT2D eigenvalue weighted by Crippen LogP contribution is 2.26. The number of carbonyl (C=O) groups excluding carboxylic acids is 1. The number of rotatable bonds is 6. The summed E-state index contributed by atoms with van der Waals surface area (Å²) in [6.45, 7) is 6.99. The van der Waals surface area contributed by atoms with Gasteiger partial charge in [-0.2, -0.15) is 5.10 Å². The van der Waals surface area contributed by atoms with E-state index < -0.39 is 21.6 Å². The highest BCUT2D eigenvalue weighted by atomic mass is 32.2. The number of nitrogens with one attached hydrogen (secondary N) is 3. The van der Waals surface area contributed by atoms with E-state index in [1.807, 2.05) is 17.5 Å². The zero-order valence-corrected chi connectivity index (χ0v) is 19.4. The lowest BCUT2D eigenvalue weighted by Crippen LogP contribution is -2.40.